The molecule has 1 fully saturated rings. The highest BCUT2D eigenvalue weighted by molar-refractivity contribution is 5.70. The molecule has 3 N–H and O–H groups in total. The molecule has 3 heteroatoms. The van der Waals surface area contributed by atoms with Gasteiger partial charge in [-0.25, -0.2) is 0 Å². The van der Waals surface area contributed by atoms with Crippen LogP contribution in [-0.2, 0) is 6.54 Å². The Morgan fingerprint density at radius 3 is 2.45 bits per heavy atom. The number of rotatable bonds is 4. The van der Waals surface area contributed by atoms with Crippen LogP contribution in [0.2, 0.25) is 0 Å². The van der Waals surface area contributed by atoms with Gasteiger partial charge in [0, 0.05) is 25.3 Å². The lowest BCUT2D eigenvalue weighted by atomic mass is 10.1. The molecule has 0 spiro atoms. The van der Waals surface area contributed by atoms with Gasteiger partial charge >= 0.3 is 0 Å². The van der Waals surface area contributed by atoms with Crippen LogP contribution >= 0.6 is 0 Å². The summed E-state index contributed by atoms with van der Waals surface area (Å²) >= 11 is 0. The molecule has 0 radical (unpaired) electrons. The van der Waals surface area contributed by atoms with Crippen LogP contribution in [0.4, 0.5) is 17.1 Å². The maximum atomic E-state index is 5.99. The first-order valence-corrected chi connectivity index (χ1v) is 7.26. The molecule has 0 aromatic heterocycles. The molecule has 0 amide bonds. The minimum atomic E-state index is 0.761. The van der Waals surface area contributed by atoms with Crippen molar-refractivity contribution >= 4 is 17.1 Å². The van der Waals surface area contributed by atoms with Crippen molar-refractivity contribution in [2.45, 2.75) is 19.4 Å². The van der Waals surface area contributed by atoms with Crippen molar-refractivity contribution in [2.75, 3.05) is 29.0 Å². The molecule has 2 aromatic carbocycles. The summed E-state index contributed by atoms with van der Waals surface area (Å²) < 4.78 is 0. The van der Waals surface area contributed by atoms with Gasteiger partial charge in [-0.15, -0.1) is 0 Å². The Labute approximate surface area is 120 Å². The quantitative estimate of drug-likeness (QED) is 0.833. The number of nitrogens with zero attached hydrogens (tertiary/aromatic N) is 1. The highest BCUT2D eigenvalue weighted by Gasteiger charge is 2.15. The summed E-state index contributed by atoms with van der Waals surface area (Å²) in [6, 6.07) is 16.5. The SMILES string of the molecule is Nc1ccccc1CNc1ccccc1N1CCCC1. The summed E-state index contributed by atoms with van der Waals surface area (Å²) in [4.78, 5) is 2.46. The van der Waals surface area contributed by atoms with E-state index in [0.29, 0.717) is 0 Å². The summed E-state index contributed by atoms with van der Waals surface area (Å²) in [7, 11) is 0. The largest absolute Gasteiger partial charge is 0.398 e. The lowest BCUT2D eigenvalue weighted by Crippen LogP contribution is -2.19. The fraction of sp³-hybridized carbons (Fsp3) is 0.294. The van der Waals surface area contributed by atoms with Gasteiger partial charge in [0.15, 0.2) is 0 Å². The third kappa shape index (κ3) is 2.72. The fourth-order valence-corrected chi connectivity index (χ4v) is 2.74. The number of hydrogen-bond acceptors (Lipinski definition) is 3. The van der Waals surface area contributed by atoms with Crippen molar-refractivity contribution in [1.29, 1.82) is 0 Å². The normalized spacial score (nSPS) is 14.5. The summed E-state index contributed by atoms with van der Waals surface area (Å²) in [6.07, 6.45) is 2.58. The first-order valence-electron chi connectivity index (χ1n) is 7.26. The predicted octanol–water partition coefficient (Wildman–Crippen LogP) is 3.48. The van der Waals surface area contributed by atoms with E-state index in [1.165, 1.54) is 24.2 Å². The Balaban J connectivity index is 1.76. The Morgan fingerprint density at radius 2 is 1.65 bits per heavy atom. The molecule has 0 saturated carbocycles. The second-order valence-electron chi connectivity index (χ2n) is 5.26. The van der Waals surface area contributed by atoms with Crippen molar-refractivity contribution < 1.29 is 0 Å². The smallest absolute Gasteiger partial charge is 0.0602 e. The van der Waals surface area contributed by atoms with Gasteiger partial charge in [0.25, 0.3) is 0 Å². The molecule has 1 aliphatic heterocycles. The minimum absolute atomic E-state index is 0.761. The van der Waals surface area contributed by atoms with E-state index >= 15 is 0 Å². The molecule has 1 saturated heterocycles. The van der Waals surface area contributed by atoms with Gasteiger partial charge < -0.3 is 16.0 Å². The Hall–Kier alpha value is -2.16. The second kappa shape index (κ2) is 5.87. The molecule has 104 valence electrons. The summed E-state index contributed by atoms with van der Waals surface area (Å²) in [6.45, 7) is 3.08. The third-order valence-electron chi connectivity index (χ3n) is 3.88. The van der Waals surface area contributed by atoms with Gasteiger partial charge in [-0.05, 0) is 36.6 Å². The summed E-state index contributed by atoms with van der Waals surface area (Å²) in [5.41, 5.74) is 10.5. The Morgan fingerprint density at radius 1 is 0.950 bits per heavy atom. The molecule has 0 unspecified atom stereocenters. The molecule has 0 atom stereocenters. The van der Waals surface area contributed by atoms with E-state index < -0.39 is 0 Å². The predicted molar refractivity (Wildman–Crippen MR) is 86.1 cm³/mol. The standard InChI is InChI=1S/C17H21N3/c18-15-8-2-1-7-14(15)13-19-16-9-3-4-10-17(16)20-11-5-6-12-20/h1-4,7-10,19H,5-6,11-13,18H2. The summed E-state index contributed by atoms with van der Waals surface area (Å²) in [5.74, 6) is 0. The molecular weight excluding hydrogens is 246 g/mol. The monoisotopic (exact) mass is 267 g/mol. The minimum Gasteiger partial charge on any atom is -0.398 e. The molecule has 3 rings (SSSR count). The molecular formula is C17H21N3. The van der Waals surface area contributed by atoms with Crippen molar-refractivity contribution in [3.8, 4) is 0 Å². The highest BCUT2D eigenvalue weighted by Crippen LogP contribution is 2.29. The van der Waals surface area contributed by atoms with E-state index in [9.17, 15) is 0 Å². The zero-order valence-electron chi connectivity index (χ0n) is 11.7. The van der Waals surface area contributed by atoms with E-state index in [4.69, 9.17) is 5.73 Å². The zero-order chi connectivity index (χ0) is 13.8. The van der Waals surface area contributed by atoms with E-state index in [2.05, 4.69) is 40.5 Å². The maximum absolute atomic E-state index is 5.99. The first-order chi connectivity index (χ1) is 9.84. The molecule has 0 aliphatic carbocycles. The first kappa shape index (κ1) is 12.9. The van der Waals surface area contributed by atoms with E-state index in [1.807, 2.05) is 18.2 Å². The van der Waals surface area contributed by atoms with Gasteiger partial charge in [0.05, 0.1) is 11.4 Å². The number of hydrogen-bond donors (Lipinski definition) is 2. The number of para-hydroxylation sites is 3. The van der Waals surface area contributed by atoms with Crippen LogP contribution in [0.15, 0.2) is 48.5 Å². The van der Waals surface area contributed by atoms with E-state index in [0.717, 1.165) is 30.9 Å². The number of nitrogens with one attached hydrogen (secondary N) is 1. The van der Waals surface area contributed by atoms with Gasteiger partial charge in [-0.3, -0.25) is 0 Å². The third-order valence-corrected chi connectivity index (χ3v) is 3.88. The lowest BCUT2D eigenvalue weighted by Gasteiger charge is -2.22. The summed E-state index contributed by atoms with van der Waals surface area (Å²) in [5, 5.41) is 3.53. The van der Waals surface area contributed by atoms with Crippen LogP contribution in [0.25, 0.3) is 0 Å². The molecule has 1 aliphatic rings. The van der Waals surface area contributed by atoms with Crippen LogP contribution < -0.4 is 16.0 Å². The Bertz CT molecular complexity index is 574. The van der Waals surface area contributed by atoms with Crippen LogP contribution in [0.5, 0.6) is 0 Å². The fourth-order valence-electron chi connectivity index (χ4n) is 2.74. The van der Waals surface area contributed by atoms with Crippen LogP contribution in [0.1, 0.15) is 18.4 Å². The van der Waals surface area contributed by atoms with Gasteiger partial charge in [-0.2, -0.15) is 0 Å². The topological polar surface area (TPSA) is 41.3 Å². The average Bonchev–Trinajstić information content (AvgIpc) is 3.01. The lowest BCUT2D eigenvalue weighted by molar-refractivity contribution is 0.949. The highest BCUT2D eigenvalue weighted by atomic mass is 15.2. The van der Waals surface area contributed by atoms with Crippen molar-refractivity contribution in [3.63, 3.8) is 0 Å². The Kier molecular flexibility index (Phi) is 3.77. The van der Waals surface area contributed by atoms with Crippen molar-refractivity contribution in [1.82, 2.24) is 0 Å². The number of nitrogens with two attached hydrogens (primary N) is 1. The van der Waals surface area contributed by atoms with E-state index in [1.54, 1.807) is 0 Å². The van der Waals surface area contributed by atoms with Gasteiger partial charge in [0.1, 0.15) is 0 Å². The number of benzene rings is 2. The molecule has 0 bridgehead atoms. The van der Waals surface area contributed by atoms with E-state index in [-0.39, 0.29) is 0 Å². The van der Waals surface area contributed by atoms with Crippen LogP contribution in [-0.4, -0.2) is 13.1 Å². The average molecular weight is 267 g/mol. The van der Waals surface area contributed by atoms with Gasteiger partial charge in [-0.1, -0.05) is 30.3 Å². The van der Waals surface area contributed by atoms with Crippen molar-refractivity contribution in [2.24, 2.45) is 0 Å². The molecule has 1 heterocycles. The molecule has 3 nitrogen and oxygen atoms in total. The maximum Gasteiger partial charge on any atom is 0.0602 e. The van der Waals surface area contributed by atoms with Gasteiger partial charge in [0.2, 0.25) is 0 Å². The van der Waals surface area contributed by atoms with Crippen LogP contribution in [0.3, 0.4) is 0 Å². The zero-order valence-corrected chi connectivity index (χ0v) is 11.7. The molecule has 20 heavy (non-hydrogen) atoms. The number of anilines is 3. The number of nitrogen functional groups attached to an aromatic ring is 1. The van der Waals surface area contributed by atoms with Crippen LogP contribution in [0, 0.1) is 0 Å². The second-order valence-corrected chi connectivity index (χ2v) is 5.26. The van der Waals surface area contributed by atoms with Crippen molar-refractivity contribution in [3.05, 3.63) is 54.1 Å². The molecule has 2 aromatic rings.